The monoisotopic (exact) mass is 326 g/mol. The standard InChI is InChI=1S/C20H13BN2.2H2O/c21-16-12-10-15(11-13-16)20-19(14-6-2-1-3-7-14)22-17-8-4-5-9-18(17)23-20;;/h1-13H;2*1H2/q+2;;/p-2. The van der Waals surface area contributed by atoms with Gasteiger partial charge in [0.25, 0.3) is 0 Å². The van der Waals surface area contributed by atoms with Gasteiger partial charge in [-0.15, -0.1) is 0 Å². The predicted molar refractivity (Wildman–Crippen MR) is 99.7 cm³/mol. The van der Waals surface area contributed by atoms with Crippen molar-refractivity contribution in [3.8, 4) is 22.5 Å². The van der Waals surface area contributed by atoms with Gasteiger partial charge in [0.1, 0.15) is 0 Å². The first-order valence-electron chi connectivity index (χ1n) is 7.49. The second-order valence-corrected chi connectivity index (χ2v) is 5.40. The third kappa shape index (κ3) is 3.58. The average molecular weight is 326 g/mol. The van der Waals surface area contributed by atoms with Crippen LogP contribution in [0, 0.1) is 0 Å². The molecule has 0 spiro atoms. The second-order valence-electron chi connectivity index (χ2n) is 5.40. The van der Waals surface area contributed by atoms with Crippen LogP contribution in [0.1, 0.15) is 0 Å². The zero-order chi connectivity index (χ0) is 15.6. The van der Waals surface area contributed by atoms with Crippen LogP contribution in [0.5, 0.6) is 0 Å². The molecule has 0 unspecified atom stereocenters. The number of nitrogens with zero attached hydrogens (tertiary/aromatic N) is 2. The number of para-hydroxylation sites is 2. The predicted octanol–water partition coefficient (Wildman–Crippen LogP) is 3.40. The van der Waals surface area contributed by atoms with Crippen molar-refractivity contribution in [1.29, 1.82) is 0 Å². The molecule has 0 atom stereocenters. The van der Waals surface area contributed by atoms with Crippen molar-refractivity contribution >= 4 is 24.3 Å². The summed E-state index contributed by atoms with van der Waals surface area (Å²) in [7, 11) is 5.81. The summed E-state index contributed by atoms with van der Waals surface area (Å²) in [5.41, 5.74) is 6.34. The van der Waals surface area contributed by atoms with E-state index in [-0.39, 0.29) is 11.0 Å². The number of fused-ring (bicyclic) bond motifs is 1. The Balaban J connectivity index is 0.00000113. The van der Waals surface area contributed by atoms with Crippen molar-refractivity contribution in [2.24, 2.45) is 0 Å². The van der Waals surface area contributed by atoms with E-state index >= 15 is 0 Å². The molecule has 4 rings (SSSR count). The molecule has 0 amide bonds. The van der Waals surface area contributed by atoms with E-state index in [9.17, 15) is 0 Å². The molecule has 1 heterocycles. The molecule has 0 saturated carbocycles. The van der Waals surface area contributed by atoms with Crippen molar-refractivity contribution < 1.29 is 11.0 Å². The molecule has 0 saturated heterocycles. The zero-order valence-corrected chi connectivity index (χ0v) is 13.4. The average Bonchev–Trinajstić information content (AvgIpc) is 2.62. The van der Waals surface area contributed by atoms with Crippen LogP contribution in [0.2, 0.25) is 0 Å². The number of hydrogen-bond donors (Lipinski definition) is 0. The van der Waals surface area contributed by atoms with Crippen LogP contribution in [0.4, 0.5) is 0 Å². The Morgan fingerprint density at radius 1 is 0.520 bits per heavy atom. The quantitative estimate of drug-likeness (QED) is 0.528. The van der Waals surface area contributed by atoms with Gasteiger partial charge in [-0.2, -0.15) is 0 Å². The van der Waals surface area contributed by atoms with Crippen molar-refractivity contribution in [3.63, 3.8) is 0 Å². The van der Waals surface area contributed by atoms with E-state index in [0.717, 1.165) is 39.0 Å². The molecule has 2 N–H and O–H groups in total. The minimum Gasteiger partial charge on any atom is -0.870 e. The third-order valence-corrected chi connectivity index (χ3v) is 3.80. The van der Waals surface area contributed by atoms with Crippen LogP contribution >= 0.6 is 0 Å². The summed E-state index contributed by atoms with van der Waals surface area (Å²) >= 11 is 0. The second kappa shape index (κ2) is 7.70. The Bertz CT molecular complexity index is 974. The third-order valence-electron chi connectivity index (χ3n) is 3.80. The minimum atomic E-state index is 0. The maximum absolute atomic E-state index is 5.81. The summed E-state index contributed by atoms with van der Waals surface area (Å²) in [5.74, 6) is 0. The molecule has 0 radical (unpaired) electrons. The fourth-order valence-corrected chi connectivity index (χ4v) is 2.64. The normalized spacial score (nSPS) is 10.0. The van der Waals surface area contributed by atoms with Crippen molar-refractivity contribution in [2.45, 2.75) is 0 Å². The maximum Gasteiger partial charge on any atom is -0.870 e. The number of hydrogen-bond acceptors (Lipinski definition) is 4. The van der Waals surface area contributed by atoms with Gasteiger partial charge in [-0.3, -0.25) is 0 Å². The summed E-state index contributed by atoms with van der Waals surface area (Å²) in [5, 5.41) is 0. The van der Waals surface area contributed by atoms with Gasteiger partial charge in [0.15, 0.2) is 0 Å². The van der Waals surface area contributed by atoms with Gasteiger partial charge in [-0.05, 0) is 0 Å². The Morgan fingerprint density at radius 2 is 0.960 bits per heavy atom. The van der Waals surface area contributed by atoms with Crippen molar-refractivity contribution in [3.05, 3.63) is 78.9 Å². The topological polar surface area (TPSA) is 85.8 Å². The molecule has 120 valence electrons. The summed E-state index contributed by atoms with van der Waals surface area (Å²) in [6.45, 7) is 0. The molecule has 0 aliphatic heterocycles. The van der Waals surface area contributed by atoms with Crippen LogP contribution in [0.3, 0.4) is 0 Å². The van der Waals surface area contributed by atoms with Crippen molar-refractivity contribution in [2.75, 3.05) is 0 Å². The van der Waals surface area contributed by atoms with E-state index in [4.69, 9.17) is 17.8 Å². The summed E-state index contributed by atoms with van der Waals surface area (Å²) in [6, 6.07) is 25.8. The zero-order valence-electron chi connectivity index (χ0n) is 13.4. The molecular weight excluding hydrogens is 311 g/mol. The Kier molecular flexibility index (Phi) is 5.65. The van der Waals surface area contributed by atoms with E-state index in [2.05, 4.69) is 12.1 Å². The number of benzene rings is 3. The molecule has 0 aliphatic carbocycles. The van der Waals surface area contributed by atoms with Crippen LogP contribution in [-0.2, 0) is 0 Å². The largest absolute Gasteiger partial charge is 0.870 e. The Labute approximate surface area is 147 Å². The molecule has 1 aromatic heterocycles. The van der Waals surface area contributed by atoms with E-state index in [1.54, 1.807) is 0 Å². The molecule has 0 fully saturated rings. The summed E-state index contributed by atoms with van der Waals surface area (Å²) in [4.78, 5) is 9.70. The SMILES string of the molecule is [B+2]c1ccc(-c2nc3ccccc3nc2-c2ccccc2)cc1.[OH-].[OH-]. The molecule has 4 aromatic rings. The van der Waals surface area contributed by atoms with E-state index in [0.29, 0.717) is 0 Å². The van der Waals surface area contributed by atoms with Gasteiger partial charge in [0.05, 0.1) is 0 Å². The molecule has 4 nitrogen and oxygen atoms in total. The fourth-order valence-electron chi connectivity index (χ4n) is 2.64. The molecular formula is C20H15BN2O2. The van der Waals surface area contributed by atoms with E-state index < -0.39 is 0 Å². The smallest absolute Gasteiger partial charge is 0.870 e. The van der Waals surface area contributed by atoms with Crippen LogP contribution in [-0.4, -0.2) is 28.8 Å². The van der Waals surface area contributed by atoms with Crippen LogP contribution in [0.25, 0.3) is 33.5 Å². The summed E-state index contributed by atoms with van der Waals surface area (Å²) < 4.78 is 0. The van der Waals surface area contributed by atoms with Gasteiger partial charge >= 0.3 is 136 Å². The first-order valence-corrected chi connectivity index (χ1v) is 7.49. The molecule has 5 heteroatoms. The number of rotatable bonds is 2. The van der Waals surface area contributed by atoms with Gasteiger partial charge in [-0.25, -0.2) is 0 Å². The molecule has 3 aromatic carbocycles. The molecule has 25 heavy (non-hydrogen) atoms. The van der Waals surface area contributed by atoms with Gasteiger partial charge in [0.2, 0.25) is 0 Å². The number of aromatic nitrogens is 2. The van der Waals surface area contributed by atoms with Gasteiger partial charge in [-0.1, -0.05) is 0 Å². The van der Waals surface area contributed by atoms with Gasteiger partial charge < -0.3 is 11.0 Å². The Hall–Kier alpha value is -3.02. The van der Waals surface area contributed by atoms with E-state index in [1.165, 1.54) is 0 Å². The molecule has 0 bridgehead atoms. The fraction of sp³-hybridized carbons (Fsp3) is 0. The van der Waals surface area contributed by atoms with Gasteiger partial charge in [0, 0.05) is 0 Å². The van der Waals surface area contributed by atoms with Crippen LogP contribution < -0.4 is 5.46 Å². The first kappa shape index (κ1) is 18.3. The first-order chi connectivity index (χ1) is 11.3. The van der Waals surface area contributed by atoms with E-state index in [1.807, 2.05) is 66.7 Å². The maximum atomic E-state index is 5.81. The minimum absolute atomic E-state index is 0. The molecule has 0 aliphatic rings. The van der Waals surface area contributed by atoms with Crippen molar-refractivity contribution in [1.82, 2.24) is 9.97 Å². The van der Waals surface area contributed by atoms with Crippen LogP contribution in [0.15, 0.2) is 78.9 Å². The Morgan fingerprint density at radius 3 is 1.48 bits per heavy atom. The summed E-state index contributed by atoms with van der Waals surface area (Å²) in [6.07, 6.45) is 0.